The van der Waals surface area contributed by atoms with Gasteiger partial charge < -0.3 is 15.2 Å². The summed E-state index contributed by atoms with van der Waals surface area (Å²) in [5, 5.41) is 16.6. The van der Waals surface area contributed by atoms with Gasteiger partial charge in [-0.15, -0.1) is 0 Å². The van der Waals surface area contributed by atoms with E-state index >= 15 is 0 Å². The summed E-state index contributed by atoms with van der Waals surface area (Å²) in [6, 6.07) is 10.7. The summed E-state index contributed by atoms with van der Waals surface area (Å²) in [5.41, 5.74) is 2.89. The zero-order valence-corrected chi connectivity index (χ0v) is 12.9. The molecule has 2 aromatic rings. The van der Waals surface area contributed by atoms with Crippen LogP contribution in [0.1, 0.15) is 26.3 Å². The minimum atomic E-state index is -1.29. The Balaban J connectivity index is 1.80. The molecule has 0 aromatic heterocycles. The fourth-order valence-electron chi connectivity index (χ4n) is 1.82. The number of carboxylic acid groups (broad SMARTS) is 1. The van der Waals surface area contributed by atoms with Crippen LogP contribution in [0, 0.1) is 5.82 Å². The number of hydrazone groups is 1. The number of hydrogen-bond acceptors (Lipinski definition) is 5. The third-order valence-electron chi connectivity index (χ3n) is 3.05. The molecule has 2 aromatic carbocycles. The van der Waals surface area contributed by atoms with E-state index in [1.165, 1.54) is 48.7 Å². The second-order valence-corrected chi connectivity index (χ2v) is 4.90. The van der Waals surface area contributed by atoms with Gasteiger partial charge in [-0.1, -0.05) is 30.3 Å². The topological polar surface area (TPSA) is 111 Å². The first-order valence-corrected chi connectivity index (χ1v) is 7.13. The Kier molecular flexibility index (Phi) is 5.94. The smallest absolute Gasteiger partial charge is 0.259 e. The second kappa shape index (κ2) is 8.34. The molecule has 25 heavy (non-hydrogen) atoms. The van der Waals surface area contributed by atoms with Crippen LogP contribution in [-0.4, -0.2) is 30.5 Å². The maximum Gasteiger partial charge on any atom is 0.259 e. The lowest BCUT2D eigenvalue weighted by atomic mass is 10.1. The zero-order chi connectivity index (χ0) is 18.2. The van der Waals surface area contributed by atoms with Crippen molar-refractivity contribution in [2.45, 2.75) is 0 Å². The molecule has 0 atom stereocenters. The normalized spacial score (nSPS) is 10.4. The Bertz CT molecular complexity index is 819. The largest absolute Gasteiger partial charge is 0.545 e. The molecule has 0 bridgehead atoms. The molecule has 0 aliphatic rings. The van der Waals surface area contributed by atoms with Crippen LogP contribution in [0.25, 0.3) is 0 Å². The lowest BCUT2D eigenvalue weighted by Gasteiger charge is -2.04. The fourth-order valence-corrected chi connectivity index (χ4v) is 1.82. The molecule has 2 rings (SSSR count). The van der Waals surface area contributed by atoms with Gasteiger partial charge in [-0.05, 0) is 29.3 Å². The molecule has 2 amide bonds. The van der Waals surface area contributed by atoms with E-state index < -0.39 is 23.6 Å². The summed E-state index contributed by atoms with van der Waals surface area (Å²) in [6.45, 7) is -0.337. The SMILES string of the molecule is O=C(CNC(=O)c1cccc(F)c1)N/N=C\c1ccc(C(=O)[O-])cc1. The number of carbonyl (C=O) groups excluding carboxylic acids is 3. The van der Waals surface area contributed by atoms with Gasteiger partial charge in [0.15, 0.2) is 0 Å². The molecule has 8 heteroatoms. The van der Waals surface area contributed by atoms with Crippen LogP contribution >= 0.6 is 0 Å². The summed E-state index contributed by atoms with van der Waals surface area (Å²) >= 11 is 0. The lowest BCUT2D eigenvalue weighted by molar-refractivity contribution is -0.255. The van der Waals surface area contributed by atoms with E-state index in [2.05, 4.69) is 15.8 Å². The van der Waals surface area contributed by atoms with Crippen molar-refractivity contribution in [3.05, 3.63) is 71.0 Å². The summed E-state index contributed by atoms with van der Waals surface area (Å²) < 4.78 is 13.0. The van der Waals surface area contributed by atoms with Crippen molar-refractivity contribution in [1.29, 1.82) is 0 Å². The van der Waals surface area contributed by atoms with Crippen LogP contribution in [0.15, 0.2) is 53.6 Å². The third kappa shape index (κ3) is 5.54. The maximum atomic E-state index is 13.0. The zero-order valence-electron chi connectivity index (χ0n) is 12.9. The van der Waals surface area contributed by atoms with Gasteiger partial charge in [0.05, 0.1) is 18.7 Å². The van der Waals surface area contributed by atoms with Gasteiger partial charge in [-0.3, -0.25) is 9.59 Å². The highest BCUT2D eigenvalue weighted by molar-refractivity contribution is 5.96. The second-order valence-electron chi connectivity index (χ2n) is 4.90. The molecule has 0 aliphatic carbocycles. The molecule has 128 valence electrons. The number of amides is 2. The molecule has 7 nitrogen and oxygen atoms in total. The van der Waals surface area contributed by atoms with E-state index in [-0.39, 0.29) is 17.7 Å². The number of hydrogen-bond donors (Lipinski definition) is 2. The molecule has 0 spiro atoms. The Morgan fingerprint density at radius 3 is 2.44 bits per heavy atom. The standard InChI is InChI=1S/C17H14FN3O4/c18-14-3-1-2-13(8-14)16(23)19-10-15(22)21-20-9-11-4-6-12(7-5-11)17(24)25/h1-9H,10H2,(H,19,23)(H,21,22)(H,24,25)/p-1/b20-9-. The van der Waals surface area contributed by atoms with Crippen molar-refractivity contribution < 1.29 is 23.9 Å². The predicted molar refractivity (Wildman–Crippen MR) is 85.2 cm³/mol. The van der Waals surface area contributed by atoms with E-state index in [0.717, 1.165) is 6.07 Å². The van der Waals surface area contributed by atoms with Gasteiger partial charge in [0.25, 0.3) is 11.8 Å². The number of carbonyl (C=O) groups is 3. The molecule has 0 fully saturated rings. The lowest BCUT2D eigenvalue weighted by Crippen LogP contribution is -2.34. The number of aromatic carboxylic acids is 1. The van der Waals surface area contributed by atoms with Crippen LogP contribution in [0.5, 0.6) is 0 Å². The van der Waals surface area contributed by atoms with Gasteiger partial charge in [0.2, 0.25) is 0 Å². The molecule has 0 heterocycles. The van der Waals surface area contributed by atoms with Crippen LogP contribution in [0.2, 0.25) is 0 Å². The first-order valence-electron chi connectivity index (χ1n) is 7.13. The van der Waals surface area contributed by atoms with Gasteiger partial charge in [-0.25, -0.2) is 9.82 Å². The van der Waals surface area contributed by atoms with Crippen molar-refractivity contribution in [3.8, 4) is 0 Å². The summed E-state index contributed by atoms with van der Waals surface area (Å²) in [5.74, 6) is -3.00. The van der Waals surface area contributed by atoms with Crippen molar-refractivity contribution in [2.75, 3.05) is 6.54 Å². The van der Waals surface area contributed by atoms with Crippen LogP contribution < -0.4 is 15.8 Å². The van der Waals surface area contributed by atoms with E-state index in [1.54, 1.807) is 0 Å². The summed E-state index contributed by atoms with van der Waals surface area (Å²) in [6.07, 6.45) is 1.31. The highest BCUT2D eigenvalue weighted by Gasteiger charge is 2.08. The van der Waals surface area contributed by atoms with Gasteiger partial charge in [-0.2, -0.15) is 5.10 Å². The number of rotatable bonds is 6. The predicted octanol–water partition coefficient (Wildman–Crippen LogP) is 0.0693. The number of carboxylic acids is 1. The van der Waals surface area contributed by atoms with Crippen LogP contribution in [-0.2, 0) is 4.79 Å². The fraction of sp³-hybridized carbons (Fsp3) is 0.0588. The minimum Gasteiger partial charge on any atom is -0.545 e. The summed E-state index contributed by atoms with van der Waals surface area (Å²) in [4.78, 5) is 33.9. The van der Waals surface area contributed by atoms with Crippen LogP contribution in [0.4, 0.5) is 4.39 Å². The van der Waals surface area contributed by atoms with Crippen molar-refractivity contribution in [3.63, 3.8) is 0 Å². The van der Waals surface area contributed by atoms with Crippen molar-refractivity contribution in [1.82, 2.24) is 10.7 Å². The molecule has 2 N–H and O–H groups in total. The van der Waals surface area contributed by atoms with Gasteiger partial charge >= 0.3 is 0 Å². The first kappa shape index (κ1) is 17.8. The molecule has 0 saturated carbocycles. The van der Waals surface area contributed by atoms with E-state index in [9.17, 15) is 23.9 Å². The summed E-state index contributed by atoms with van der Waals surface area (Å²) in [7, 11) is 0. The van der Waals surface area contributed by atoms with Crippen molar-refractivity contribution >= 4 is 24.0 Å². The molecular weight excluding hydrogens is 329 g/mol. The average Bonchev–Trinajstić information content (AvgIpc) is 2.60. The number of halogens is 1. The molecular formula is C17H13FN3O4-. The van der Waals surface area contributed by atoms with Gasteiger partial charge in [0, 0.05) is 5.56 Å². The van der Waals surface area contributed by atoms with Crippen molar-refractivity contribution in [2.24, 2.45) is 5.10 Å². The molecule has 0 radical (unpaired) electrons. The molecule has 0 aliphatic heterocycles. The first-order chi connectivity index (χ1) is 12.0. The maximum absolute atomic E-state index is 13.0. The Labute approximate surface area is 142 Å². The van der Waals surface area contributed by atoms with Crippen LogP contribution in [0.3, 0.4) is 0 Å². The van der Waals surface area contributed by atoms with Gasteiger partial charge in [0.1, 0.15) is 5.82 Å². The van der Waals surface area contributed by atoms with E-state index in [4.69, 9.17) is 0 Å². The number of nitrogens with zero attached hydrogens (tertiary/aromatic N) is 1. The highest BCUT2D eigenvalue weighted by Crippen LogP contribution is 2.03. The Morgan fingerprint density at radius 1 is 1.08 bits per heavy atom. The molecule has 0 saturated heterocycles. The van der Waals surface area contributed by atoms with E-state index in [1.807, 2.05) is 0 Å². The number of nitrogens with one attached hydrogen (secondary N) is 2. The number of benzene rings is 2. The highest BCUT2D eigenvalue weighted by atomic mass is 19.1. The third-order valence-corrected chi connectivity index (χ3v) is 3.05. The Hall–Kier alpha value is -3.55. The minimum absolute atomic E-state index is 0.0289. The Morgan fingerprint density at radius 2 is 1.80 bits per heavy atom. The quantitative estimate of drug-likeness (QED) is 0.571. The average molecular weight is 342 g/mol. The monoisotopic (exact) mass is 342 g/mol. The molecule has 0 unspecified atom stereocenters. The van der Waals surface area contributed by atoms with E-state index in [0.29, 0.717) is 5.56 Å².